The Bertz CT molecular complexity index is 271. The van der Waals surface area contributed by atoms with E-state index in [4.69, 9.17) is 14.2 Å². The van der Waals surface area contributed by atoms with Crippen molar-refractivity contribution in [2.24, 2.45) is 5.41 Å². The minimum Gasteiger partial charge on any atom is -0.466 e. The summed E-state index contributed by atoms with van der Waals surface area (Å²) in [6.45, 7) is 5.87. The van der Waals surface area contributed by atoms with E-state index in [0.29, 0.717) is 26.2 Å². The summed E-state index contributed by atoms with van der Waals surface area (Å²) in [6.07, 6.45) is 4.22. The summed E-state index contributed by atoms with van der Waals surface area (Å²) in [5, 5.41) is 0. The summed E-state index contributed by atoms with van der Waals surface area (Å²) in [5.74, 6) is -0.423. The second kappa shape index (κ2) is 4.94. The number of rotatable bonds is 3. The van der Waals surface area contributed by atoms with Crippen molar-refractivity contribution < 1.29 is 19.0 Å². The average Bonchev–Trinajstić information content (AvgIpc) is 2.73. The van der Waals surface area contributed by atoms with E-state index in [9.17, 15) is 4.79 Å². The second-order valence-corrected chi connectivity index (χ2v) is 5.40. The van der Waals surface area contributed by atoms with E-state index in [-0.39, 0.29) is 17.2 Å². The van der Waals surface area contributed by atoms with Crippen molar-refractivity contribution >= 4 is 5.97 Å². The molecular weight excluding hydrogens is 220 g/mol. The maximum absolute atomic E-state index is 11.5. The van der Waals surface area contributed by atoms with Gasteiger partial charge >= 0.3 is 5.97 Å². The molecule has 2 aliphatic rings. The van der Waals surface area contributed by atoms with Gasteiger partial charge in [-0.25, -0.2) is 0 Å². The topological polar surface area (TPSA) is 44.8 Å². The molecule has 2 rings (SSSR count). The highest BCUT2D eigenvalue weighted by Crippen LogP contribution is 2.46. The van der Waals surface area contributed by atoms with Gasteiger partial charge in [0, 0.05) is 12.8 Å². The molecular formula is C13H22O4. The van der Waals surface area contributed by atoms with Gasteiger partial charge in [-0.15, -0.1) is 0 Å². The van der Waals surface area contributed by atoms with Gasteiger partial charge in [-0.2, -0.15) is 0 Å². The summed E-state index contributed by atoms with van der Waals surface area (Å²) < 4.78 is 16.4. The lowest BCUT2D eigenvalue weighted by Crippen LogP contribution is -2.39. The van der Waals surface area contributed by atoms with Crippen molar-refractivity contribution in [3.8, 4) is 0 Å². The van der Waals surface area contributed by atoms with Crippen LogP contribution in [0.25, 0.3) is 0 Å². The Morgan fingerprint density at radius 1 is 1.18 bits per heavy atom. The normalized spacial score (nSPS) is 26.0. The molecule has 1 aliphatic heterocycles. The van der Waals surface area contributed by atoms with Crippen molar-refractivity contribution in [2.75, 3.05) is 19.8 Å². The number of hydrogen-bond donors (Lipinski definition) is 0. The van der Waals surface area contributed by atoms with Crippen LogP contribution in [-0.2, 0) is 19.0 Å². The van der Waals surface area contributed by atoms with E-state index < -0.39 is 0 Å². The van der Waals surface area contributed by atoms with Crippen LogP contribution < -0.4 is 0 Å². The first-order chi connectivity index (χ1) is 8.08. The molecule has 0 bridgehead atoms. The number of esters is 1. The minimum atomic E-state index is -0.339. The zero-order valence-electron chi connectivity index (χ0n) is 10.8. The Hall–Kier alpha value is -0.610. The Balaban J connectivity index is 1.86. The van der Waals surface area contributed by atoms with Crippen molar-refractivity contribution in [2.45, 2.75) is 51.7 Å². The van der Waals surface area contributed by atoms with E-state index in [1.165, 1.54) is 0 Å². The number of carbonyl (C=O) groups is 1. The first-order valence-electron chi connectivity index (χ1n) is 6.51. The van der Waals surface area contributed by atoms with Gasteiger partial charge in [0.05, 0.1) is 26.2 Å². The molecule has 0 aromatic heterocycles. The smallest absolute Gasteiger partial charge is 0.306 e. The van der Waals surface area contributed by atoms with Gasteiger partial charge in [-0.1, -0.05) is 6.92 Å². The fraction of sp³-hybridized carbons (Fsp3) is 0.923. The van der Waals surface area contributed by atoms with Crippen LogP contribution in [0.1, 0.15) is 46.0 Å². The third-order valence-electron chi connectivity index (χ3n) is 3.91. The monoisotopic (exact) mass is 242 g/mol. The molecule has 0 N–H and O–H groups in total. The van der Waals surface area contributed by atoms with E-state index in [1.807, 2.05) is 6.92 Å². The molecule has 0 aromatic carbocycles. The van der Waals surface area contributed by atoms with Crippen LogP contribution in [0, 0.1) is 5.41 Å². The lowest BCUT2D eigenvalue weighted by molar-refractivity contribution is -0.192. The SMILES string of the molecule is CCOC(=O)CC1(C)CCC2(CC1)OCCO2. The van der Waals surface area contributed by atoms with E-state index in [0.717, 1.165) is 25.7 Å². The quantitative estimate of drug-likeness (QED) is 0.712. The summed E-state index contributed by atoms with van der Waals surface area (Å²) in [6, 6.07) is 0. The third kappa shape index (κ3) is 2.99. The van der Waals surface area contributed by atoms with E-state index in [1.54, 1.807) is 0 Å². The maximum Gasteiger partial charge on any atom is 0.306 e. The van der Waals surface area contributed by atoms with Gasteiger partial charge in [0.1, 0.15) is 0 Å². The lowest BCUT2D eigenvalue weighted by Gasteiger charge is -2.41. The van der Waals surface area contributed by atoms with Gasteiger partial charge in [0.15, 0.2) is 5.79 Å². The zero-order chi connectivity index (χ0) is 12.4. The Kier molecular flexibility index (Phi) is 3.73. The Morgan fingerprint density at radius 2 is 1.76 bits per heavy atom. The Labute approximate surface area is 103 Å². The van der Waals surface area contributed by atoms with Gasteiger partial charge < -0.3 is 14.2 Å². The molecule has 1 aliphatic carbocycles. The van der Waals surface area contributed by atoms with Crippen LogP contribution in [-0.4, -0.2) is 31.6 Å². The van der Waals surface area contributed by atoms with Crippen molar-refractivity contribution in [3.05, 3.63) is 0 Å². The van der Waals surface area contributed by atoms with Gasteiger partial charge in [0.2, 0.25) is 0 Å². The molecule has 0 radical (unpaired) electrons. The molecule has 1 heterocycles. The highest BCUT2D eigenvalue weighted by molar-refractivity contribution is 5.70. The highest BCUT2D eigenvalue weighted by Gasteiger charge is 2.45. The van der Waals surface area contributed by atoms with Gasteiger partial charge in [-0.3, -0.25) is 4.79 Å². The summed E-state index contributed by atoms with van der Waals surface area (Å²) in [5.41, 5.74) is 0.0484. The molecule has 0 amide bonds. The molecule has 1 spiro atoms. The molecule has 1 saturated heterocycles. The van der Waals surface area contributed by atoms with Crippen LogP contribution in [0.15, 0.2) is 0 Å². The molecule has 0 aromatic rings. The fourth-order valence-corrected chi connectivity index (χ4v) is 2.76. The molecule has 4 nitrogen and oxygen atoms in total. The Morgan fingerprint density at radius 3 is 2.29 bits per heavy atom. The summed E-state index contributed by atoms with van der Waals surface area (Å²) in [7, 11) is 0. The molecule has 2 fully saturated rings. The first kappa shape index (κ1) is 12.8. The standard InChI is InChI=1S/C13H22O4/c1-3-15-11(14)10-12(2)4-6-13(7-5-12)16-8-9-17-13/h3-10H2,1-2H3. The van der Waals surface area contributed by atoms with Crippen molar-refractivity contribution in [3.63, 3.8) is 0 Å². The van der Waals surface area contributed by atoms with Gasteiger partial charge in [-0.05, 0) is 25.2 Å². The first-order valence-corrected chi connectivity index (χ1v) is 6.51. The van der Waals surface area contributed by atoms with Crippen molar-refractivity contribution in [1.29, 1.82) is 0 Å². The van der Waals surface area contributed by atoms with Crippen molar-refractivity contribution in [1.82, 2.24) is 0 Å². The van der Waals surface area contributed by atoms with Crippen LogP contribution >= 0.6 is 0 Å². The predicted octanol–water partition coefficient (Wildman–Crippen LogP) is 2.26. The highest BCUT2D eigenvalue weighted by atomic mass is 16.7. The lowest BCUT2D eigenvalue weighted by atomic mass is 9.71. The predicted molar refractivity (Wildman–Crippen MR) is 62.5 cm³/mol. The summed E-state index contributed by atoms with van der Waals surface area (Å²) in [4.78, 5) is 11.5. The molecule has 0 atom stereocenters. The molecule has 1 saturated carbocycles. The third-order valence-corrected chi connectivity index (χ3v) is 3.91. The van der Waals surface area contributed by atoms with E-state index >= 15 is 0 Å². The molecule has 0 unspecified atom stereocenters. The largest absolute Gasteiger partial charge is 0.466 e. The summed E-state index contributed by atoms with van der Waals surface area (Å²) >= 11 is 0. The minimum absolute atomic E-state index is 0.0484. The molecule has 4 heteroatoms. The molecule has 98 valence electrons. The van der Waals surface area contributed by atoms with Crippen LogP contribution in [0.2, 0.25) is 0 Å². The van der Waals surface area contributed by atoms with Crippen LogP contribution in [0.5, 0.6) is 0 Å². The van der Waals surface area contributed by atoms with Gasteiger partial charge in [0.25, 0.3) is 0 Å². The zero-order valence-corrected chi connectivity index (χ0v) is 10.8. The number of ether oxygens (including phenoxy) is 3. The fourth-order valence-electron chi connectivity index (χ4n) is 2.76. The maximum atomic E-state index is 11.5. The average molecular weight is 242 g/mol. The van der Waals surface area contributed by atoms with Crippen LogP contribution in [0.4, 0.5) is 0 Å². The second-order valence-electron chi connectivity index (χ2n) is 5.40. The molecule has 17 heavy (non-hydrogen) atoms. The van der Waals surface area contributed by atoms with Crippen LogP contribution in [0.3, 0.4) is 0 Å². The van der Waals surface area contributed by atoms with E-state index in [2.05, 4.69) is 6.92 Å². The number of hydrogen-bond acceptors (Lipinski definition) is 4. The number of carbonyl (C=O) groups excluding carboxylic acids is 1.